The molecule has 0 amide bonds. The fourth-order valence-electron chi connectivity index (χ4n) is 2.10. The van der Waals surface area contributed by atoms with Crippen molar-refractivity contribution in [3.63, 3.8) is 0 Å². The Bertz CT molecular complexity index is 273. The largest absolute Gasteiger partial charge is 0.330 e. The Morgan fingerprint density at radius 2 is 2.08 bits per heavy atom. The van der Waals surface area contributed by atoms with Gasteiger partial charge in [0.05, 0.1) is 0 Å². The lowest BCUT2D eigenvalue weighted by Gasteiger charge is -2.23. The van der Waals surface area contributed by atoms with Gasteiger partial charge in [-0.1, -0.05) is 24.3 Å². The van der Waals surface area contributed by atoms with Crippen LogP contribution in [0, 0.1) is 0 Å². The monoisotopic (exact) mass is 197 g/mol. The molecule has 72 valence electrons. The molecule has 2 N–H and O–H groups in total. The number of hydrogen-bond donors (Lipinski definition) is 1. The Morgan fingerprint density at radius 3 is 2.85 bits per heavy atom. The smallest absolute Gasteiger partial charge is 0.000813 e. The first-order chi connectivity index (χ1) is 5.92. The fraction of sp³-hybridized carbons (Fsp3) is 0.455. The van der Waals surface area contributed by atoms with Crippen LogP contribution in [-0.4, -0.2) is 6.54 Å². The van der Waals surface area contributed by atoms with Crippen LogP contribution in [0.5, 0.6) is 0 Å². The van der Waals surface area contributed by atoms with Crippen molar-refractivity contribution in [2.45, 2.75) is 25.2 Å². The van der Waals surface area contributed by atoms with Crippen molar-refractivity contribution >= 4 is 12.4 Å². The Hall–Kier alpha value is -0.530. The third-order valence-electron chi connectivity index (χ3n) is 2.78. The van der Waals surface area contributed by atoms with E-state index in [1.54, 1.807) is 0 Å². The number of halogens is 1. The van der Waals surface area contributed by atoms with Crippen molar-refractivity contribution < 1.29 is 0 Å². The number of benzene rings is 1. The van der Waals surface area contributed by atoms with Crippen LogP contribution in [0.3, 0.4) is 0 Å². The quantitative estimate of drug-likeness (QED) is 0.736. The predicted molar refractivity (Wildman–Crippen MR) is 58.4 cm³/mol. The van der Waals surface area contributed by atoms with E-state index < -0.39 is 0 Å². The lowest BCUT2D eigenvalue weighted by molar-refractivity contribution is 0.561. The average Bonchev–Trinajstić information content (AvgIpc) is 2.17. The highest BCUT2D eigenvalue weighted by Gasteiger charge is 2.17. The van der Waals surface area contributed by atoms with E-state index in [9.17, 15) is 0 Å². The van der Waals surface area contributed by atoms with Gasteiger partial charge in [-0.15, -0.1) is 12.4 Å². The zero-order valence-corrected chi connectivity index (χ0v) is 8.52. The van der Waals surface area contributed by atoms with Crippen LogP contribution in [0.2, 0.25) is 0 Å². The Morgan fingerprint density at radius 1 is 1.31 bits per heavy atom. The Balaban J connectivity index is 0.000000845. The van der Waals surface area contributed by atoms with Crippen molar-refractivity contribution in [2.24, 2.45) is 5.73 Å². The first-order valence-corrected chi connectivity index (χ1v) is 4.69. The molecule has 1 nitrogen and oxygen atoms in total. The minimum atomic E-state index is 0. The molecule has 0 radical (unpaired) electrons. The summed E-state index contributed by atoms with van der Waals surface area (Å²) in [4.78, 5) is 0. The summed E-state index contributed by atoms with van der Waals surface area (Å²) < 4.78 is 0. The van der Waals surface area contributed by atoms with Gasteiger partial charge in [-0.3, -0.25) is 0 Å². The van der Waals surface area contributed by atoms with E-state index in [1.807, 2.05) is 0 Å². The summed E-state index contributed by atoms with van der Waals surface area (Å²) >= 11 is 0. The summed E-state index contributed by atoms with van der Waals surface area (Å²) in [6.07, 6.45) is 3.82. The highest BCUT2D eigenvalue weighted by molar-refractivity contribution is 5.85. The molecular weight excluding hydrogens is 182 g/mol. The molecule has 1 aliphatic carbocycles. The average molecular weight is 198 g/mol. The molecule has 0 spiro atoms. The van der Waals surface area contributed by atoms with Gasteiger partial charge < -0.3 is 5.73 Å². The number of hydrogen-bond acceptors (Lipinski definition) is 1. The maximum Gasteiger partial charge on any atom is -0.000813 e. The molecular formula is C11H16ClN. The minimum Gasteiger partial charge on any atom is -0.330 e. The number of aryl methyl sites for hydroxylation is 1. The van der Waals surface area contributed by atoms with E-state index in [-0.39, 0.29) is 12.4 Å². The summed E-state index contributed by atoms with van der Waals surface area (Å²) in [6, 6.07) is 8.70. The van der Waals surface area contributed by atoms with Gasteiger partial charge in [-0.05, 0) is 42.9 Å². The van der Waals surface area contributed by atoms with E-state index in [0.717, 1.165) is 6.54 Å². The zero-order chi connectivity index (χ0) is 8.39. The van der Waals surface area contributed by atoms with Crippen LogP contribution >= 0.6 is 12.4 Å². The van der Waals surface area contributed by atoms with Gasteiger partial charge in [0, 0.05) is 0 Å². The predicted octanol–water partition coefficient (Wildman–Crippen LogP) is 2.49. The summed E-state index contributed by atoms with van der Waals surface area (Å²) in [5, 5.41) is 0. The lowest BCUT2D eigenvalue weighted by atomic mass is 9.83. The van der Waals surface area contributed by atoms with Gasteiger partial charge in [-0.2, -0.15) is 0 Å². The van der Waals surface area contributed by atoms with Crippen molar-refractivity contribution in [2.75, 3.05) is 6.54 Å². The summed E-state index contributed by atoms with van der Waals surface area (Å²) in [6.45, 7) is 0.803. The molecule has 1 aliphatic rings. The second kappa shape index (κ2) is 4.64. The van der Waals surface area contributed by atoms with Crippen molar-refractivity contribution in [1.82, 2.24) is 0 Å². The van der Waals surface area contributed by atoms with Crippen LogP contribution in [0.1, 0.15) is 29.9 Å². The molecule has 0 aromatic heterocycles. The van der Waals surface area contributed by atoms with Gasteiger partial charge in [-0.25, -0.2) is 0 Å². The normalized spacial score (nSPS) is 20.2. The maximum atomic E-state index is 5.72. The zero-order valence-electron chi connectivity index (χ0n) is 7.70. The summed E-state index contributed by atoms with van der Waals surface area (Å²) in [5.41, 5.74) is 8.72. The topological polar surface area (TPSA) is 26.0 Å². The van der Waals surface area contributed by atoms with Crippen LogP contribution in [0.4, 0.5) is 0 Å². The molecule has 0 aliphatic heterocycles. The van der Waals surface area contributed by atoms with Gasteiger partial charge in [0.15, 0.2) is 0 Å². The van der Waals surface area contributed by atoms with Crippen molar-refractivity contribution in [3.8, 4) is 0 Å². The van der Waals surface area contributed by atoms with E-state index in [1.165, 1.54) is 30.4 Å². The molecule has 0 fully saturated rings. The van der Waals surface area contributed by atoms with Crippen LogP contribution in [-0.2, 0) is 6.42 Å². The van der Waals surface area contributed by atoms with Crippen LogP contribution < -0.4 is 5.73 Å². The summed E-state index contributed by atoms with van der Waals surface area (Å²) in [7, 11) is 0. The minimum absolute atomic E-state index is 0. The molecule has 2 heteroatoms. The standard InChI is InChI=1S/C11H15N.ClH/c12-8-10-6-3-5-9-4-1-2-7-11(9)10;/h1-2,4,7,10H,3,5-6,8,12H2;1H/t10-;/m1./s1. The first kappa shape index (κ1) is 10.6. The van der Waals surface area contributed by atoms with E-state index in [4.69, 9.17) is 5.73 Å². The van der Waals surface area contributed by atoms with Gasteiger partial charge >= 0.3 is 0 Å². The molecule has 0 bridgehead atoms. The first-order valence-electron chi connectivity index (χ1n) is 4.69. The van der Waals surface area contributed by atoms with Gasteiger partial charge in [0.2, 0.25) is 0 Å². The van der Waals surface area contributed by atoms with Gasteiger partial charge in [0.25, 0.3) is 0 Å². The SMILES string of the molecule is Cl.NC[C@H]1CCCc2ccccc21. The molecule has 1 atom stereocenters. The molecule has 2 rings (SSSR count). The van der Waals surface area contributed by atoms with Crippen LogP contribution in [0.15, 0.2) is 24.3 Å². The van der Waals surface area contributed by atoms with E-state index in [0.29, 0.717) is 5.92 Å². The highest BCUT2D eigenvalue weighted by Crippen LogP contribution is 2.30. The molecule has 13 heavy (non-hydrogen) atoms. The maximum absolute atomic E-state index is 5.72. The third-order valence-corrected chi connectivity index (χ3v) is 2.78. The molecule has 0 saturated carbocycles. The second-order valence-corrected chi connectivity index (χ2v) is 3.52. The fourth-order valence-corrected chi connectivity index (χ4v) is 2.10. The molecule has 1 aromatic rings. The lowest BCUT2D eigenvalue weighted by Crippen LogP contribution is -2.17. The Labute approximate surface area is 85.7 Å². The highest BCUT2D eigenvalue weighted by atomic mass is 35.5. The molecule has 0 heterocycles. The Kier molecular flexibility index (Phi) is 3.76. The molecule has 0 unspecified atom stereocenters. The molecule has 1 aromatic carbocycles. The third kappa shape index (κ3) is 2.04. The van der Waals surface area contributed by atoms with Crippen molar-refractivity contribution in [3.05, 3.63) is 35.4 Å². The van der Waals surface area contributed by atoms with Crippen LogP contribution in [0.25, 0.3) is 0 Å². The second-order valence-electron chi connectivity index (χ2n) is 3.52. The van der Waals surface area contributed by atoms with E-state index >= 15 is 0 Å². The van der Waals surface area contributed by atoms with Crippen molar-refractivity contribution in [1.29, 1.82) is 0 Å². The number of rotatable bonds is 1. The number of nitrogens with two attached hydrogens (primary N) is 1. The number of fused-ring (bicyclic) bond motifs is 1. The van der Waals surface area contributed by atoms with Gasteiger partial charge in [0.1, 0.15) is 0 Å². The van der Waals surface area contributed by atoms with E-state index in [2.05, 4.69) is 24.3 Å². The molecule has 0 saturated heterocycles. The summed E-state index contributed by atoms with van der Waals surface area (Å²) in [5.74, 6) is 0.620.